The number of anilines is 1. The summed E-state index contributed by atoms with van der Waals surface area (Å²) >= 11 is 1.63. The zero-order valence-corrected chi connectivity index (χ0v) is 21.1. The second-order valence-corrected chi connectivity index (χ2v) is 10.1. The lowest BCUT2D eigenvalue weighted by atomic mass is 9.88. The van der Waals surface area contributed by atoms with Gasteiger partial charge in [0, 0.05) is 17.7 Å². The molecular formula is C29H31N3O3S. The predicted molar refractivity (Wildman–Crippen MR) is 145 cm³/mol. The number of rotatable bonds is 11. The molecule has 7 heteroatoms. The number of unbranched alkanes of at least 4 members (excludes halogenated alkanes) is 5. The van der Waals surface area contributed by atoms with Crippen molar-refractivity contribution in [3.8, 4) is 11.5 Å². The van der Waals surface area contributed by atoms with E-state index in [0.29, 0.717) is 6.61 Å². The molecule has 1 aliphatic rings. The maximum absolute atomic E-state index is 13.0. The van der Waals surface area contributed by atoms with E-state index in [1.54, 1.807) is 16.3 Å². The number of benzene rings is 3. The minimum atomic E-state index is -0.444. The first-order valence-electron chi connectivity index (χ1n) is 12.6. The third-order valence-electron chi connectivity index (χ3n) is 6.48. The zero-order valence-electron chi connectivity index (χ0n) is 20.3. The predicted octanol–water partition coefficient (Wildman–Crippen LogP) is 6.80. The molecule has 0 unspecified atom stereocenters. The Kier molecular flexibility index (Phi) is 7.79. The number of para-hydroxylation sites is 3. The van der Waals surface area contributed by atoms with Crippen molar-refractivity contribution >= 4 is 32.7 Å². The van der Waals surface area contributed by atoms with Gasteiger partial charge in [-0.1, -0.05) is 85.6 Å². The van der Waals surface area contributed by atoms with Crippen LogP contribution in [0.25, 0.3) is 10.2 Å². The molecule has 0 bridgehead atoms. The smallest absolute Gasteiger partial charge is 0.318 e. The molecule has 186 valence electrons. The average Bonchev–Trinajstić information content (AvgIpc) is 3.35. The lowest BCUT2D eigenvalue weighted by molar-refractivity contribution is -0.144. The van der Waals surface area contributed by atoms with E-state index in [0.717, 1.165) is 83.0 Å². The van der Waals surface area contributed by atoms with Crippen molar-refractivity contribution in [1.82, 2.24) is 4.98 Å². The molecule has 5 rings (SSSR count). The third-order valence-corrected chi connectivity index (χ3v) is 7.56. The van der Waals surface area contributed by atoms with Gasteiger partial charge in [0.2, 0.25) is 5.13 Å². The van der Waals surface area contributed by atoms with Crippen LogP contribution < -0.4 is 15.6 Å². The first-order valence-corrected chi connectivity index (χ1v) is 13.4. The third kappa shape index (κ3) is 5.53. The van der Waals surface area contributed by atoms with Gasteiger partial charge >= 0.3 is 5.97 Å². The summed E-state index contributed by atoms with van der Waals surface area (Å²) in [6.45, 7) is 1.24. The second kappa shape index (κ2) is 11.5. The molecule has 2 heterocycles. The number of carbonyl (C=O) groups excluding carboxylic acids is 1. The summed E-state index contributed by atoms with van der Waals surface area (Å²) < 4.78 is 12.8. The van der Waals surface area contributed by atoms with E-state index in [9.17, 15) is 4.79 Å². The van der Waals surface area contributed by atoms with Crippen LogP contribution in [-0.4, -0.2) is 24.1 Å². The van der Waals surface area contributed by atoms with Crippen LogP contribution in [0.5, 0.6) is 11.5 Å². The van der Waals surface area contributed by atoms with Crippen LogP contribution in [0.4, 0.5) is 5.13 Å². The number of nitrogens with zero attached hydrogens (tertiary/aromatic N) is 2. The number of fused-ring (bicyclic) bond motifs is 3. The fraction of sp³-hybridized carbons (Fsp3) is 0.310. The van der Waals surface area contributed by atoms with E-state index < -0.39 is 5.92 Å². The van der Waals surface area contributed by atoms with Gasteiger partial charge in [-0.15, -0.1) is 0 Å². The van der Waals surface area contributed by atoms with Crippen LogP contribution in [0, 0.1) is 0 Å². The Hall–Kier alpha value is -3.42. The normalized spacial score (nSPS) is 12.6. The monoisotopic (exact) mass is 501 g/mol. The van der Waals surface area contributed by atoms with Gasteiger partial charge in [0.05, 0.1) is 16.8 Å². The first-order chi connectivity index (χ1) is 17.7. The van der Waals surface area contributed by atoms with Gasteiger partial charge in [-0.3, -0.25) is 9.80 Å². The maximum Gasteiger partial charge on any atom is 0.318 e. The van der Waals surface area contributed by atoms with Gasteiger partial charge in [0.15, 0.2) is 0 Å². The van der Waals surface area contributed by atoms with Crippen LogP contribution >= 0.6 is 11.3 Å². The van der Waals surface area contributed by atoms with Gasteiger partial charge in [0.25, 0.3) is 0 Å². The molecule has 0 spiro atoms. The molecule has 0 aliphatic carbocycles. The standard InChI is InChI=1S/C29H31N3O3S/c30-32(29-31-23-15-7-10-18-26(23)36-29)19-11-3-1-2-4-12-20-34-28(33)27-21-13-5-8-16-24(21)35-25-17-9-6-14-22(25)27/h5-10,13-18,27H,1-4,11-12,19-20,30H2. The molecule has 4 aromatic rings. The molecule has 1 aromatic heterocycles. The summed E-state index contributed by atoms with van der Waals surface area (Å²) in [5.41, 5.74) is 2.72. The lowest BCUT2D eigenvalue weighted by Gasteiger charge is -2.26. The number of hydrogen-bond donors (Lipinski definition) is 1. The Labute approximate surface area is 215 Å². The van der Waals surface area contributed by atoms with E-state index in [1.807, 2.05) is 66.7 Å². The van der Waals surface area contributed by atoms with E-state index in [1.165, 1.54) is 0 Å². The fourth-order valence-electron chi connectivity index (χ4n) is 4.59. The van der Waals surface area contributed by atoms with Gasteiger partial charge in [-0.2, -0.15) is 0 Å². The van der Waals surface area contributed by atoms with Crippen molar-refractivity contribution in [3.63, 3.8) is 0 Å². The number of ether oxygens (including phenoxy) is 2. The number of nitrogens with two attached hydrogens (primary N) is 1. The number of esters is 1. The highest BCUT2D eigenvalue weighted by Gasteiger charge is 2.33. The maximum atomic E-state index is 13.0. The first kappa shape index (κ1) is 24.3. The Morgan fingerprint density at radius 2 is 1.47 bits per heavy atom. The van der Waals surface area contributed by atoms with E-state index in [-0.39, 0.29) is 5.97 Å². The Morgan fingerprint density at radius 3 is 2.19 bits per heavy atom. The van der Waals surface area contributed by atoms with Crippen LogP contribution in [0.3, 0.4) is 0 Å². The quantitative estimate of drug-likeness (QED) is 0.105. The van der Waals surface area contributed by atoms with Gasteiger partial charge in [-0.25, -0.2) is 10.8 Å². The summed E-state index contributed by atoms with van der Waals surface area (Å²) in [4.78, 5) is 17.6. The summed E-state index contributed by atoms with van der Waals surface area (Å²) in [6.07, 6.45) is 6.32. The van der Waals surface area contributed by atoms with Crippen molar-refractivity contribution in [2.24, 2.45) is 5.84 Å². The number of aromatic nitrogens is 1. The SMILES string of the molecule is NN(CCCCCCCCOC(=O)C1c2ccccc2Oc2ccccc21)c1nc2ccccc2s1. The van der Waals surface area contributed by atoms with E-state index in [4.69, 9.17) is 15.3 Å². The average molecular weight is 502 g/mol. The Balaban J connectivity index is 1.00. The largest absolute Gasteiger partial charge is 0.465 e. The summed E-state index contributed by atoms with van der Waals surface area (Å²) in [6, 6.07) is 23.5. The Morgan fingerprint density at radius 1 is 0.861 bits per heavy atom. The van der Waals surface area contributed by atoms with Crippen LogP contribution in [-0.2, 0) is 9.53 Å². The number of hydrazine groups is 1. The van der Waals surface area contributed by atoms with Crippen molar-refractivity contribution in [2.45, 2.75) is 44.4 Å². The molecule has 1 aliphatic heterocycles. The van der Waals surface area contributed by atoms with Gasteiger partial charge in [-0.05, 0) is 37.1 Å². The summed E-state index contributed by atoms with van der Waals surface area (Å²) in [5, 5.41) is 2.63. The minimum absolute atomic E-state index is 0.212. The minimum Gasteiger partial charge on any atom is -0.465 e. The highest BCUT2D eigenvalue weighted by molar-refractivity contribution is 7.22. The molecule has 36 heavy (non-hydrogen) atoms. The molecule has 0 saturated heterocycles. The van der Waals surface area contributed by atoms with Crippen molar-refractivity contribution in [2.75, 3.05) is 18.2 Å². The van der Waals surface area contributed by atoms with E-state index >= 15 is 0 Å². The number of thiazole rings is 1. The van der Waals surface area contributed by atoms with E-state index in [2.05, 4.69) is 11.1 Å². The fourth-order valence-corrected chi connectivity index (χ4v) is 5.50. The summed E-state index contributed by atoms with van der Waals surface area (Å²) in [5.74, 6) is 7.00. The van der Waals surface area contributed by atoms with Crippen molar-refractivity contribution in [1.29, 1.82) is 0 Å². The molecule has 0 fully saturated rings. The molecule has 3 aromatic carbocycles. The molecule has 0 saturated carbocycles. The summed E-state index contributed by atoms with van der Waals surface area (Å²) in [7, 11) is 0. The highest BCUT2D eigenvalue weighted by Crippen LogP contribution is 2.44. The highest BCUT2D eigenvalue weighted by atomic mass is 32.1. The molecule has 0 radical (unpaired) electrons. The van der Waals surface area contributed by atoms with Crippen molar-refractivity contribution in [3.05, 3.63) is 83.9 Å². The number of carbonyl (C=O) groups is 1. The van der Waals surface area contributed by atoms with Crippen LogP contribution in [0.1, 0.15) is 55.6 Å². The molecule has 2 N–H and O–H groups in total. The number of hydrogen-bond acceptors (Lipinski definition) is 7. The van der Waals surface area contributed by atoms with Crippen molar-refractivity contribution < 1.29 is 14.3 Å². The zero-order chi connectivity index (χ0) is 24.7. The molecule has 6 nitrogen and oxygen atoms in total. The van der Waals surface area contributed by atoms with Crippen LogP contribution in [0.15, 0.2) is 72.8 Å². The molecule has 0 amide bonds. The molecular weight excluding hydrogens is 470 g/mol. The van der Waals surface area contributed by atoms with Crippen LogP contribution in [0.2, 0.25) is 0 Å². The molecule has 0 atom stereocenters. The lowest BCUT2D eigenvalue weighted by Crippen LogP contribution is -2.31. The second-order valence-electron chi connectivity index (χ2n) is 9.06. The Bertz CT molecular complexity index is 1240. The van der Waals surface area contributed by atoms with Gasteiger partial charge in [0.1, 0.15) is 17.4 Å². The topological polar surface area (TPSA) is 77.7 Å². The van der Waals surface area contributed by atoms with Gasteiger partial charge < -0.3 is 9.47 Å².